The minimum absolute atomic E-state index is 0.0615. The molecule has 0 aliphatic carbocycles. The van der Waals surface area contributed by atoms with Crippen molar-refractivity contribution in [3.05, 3.63) is 60.8 Å². The van der Waals surface area contributed by atoms with Gasteiger partial charge in [-0.2, -0.15) is 0 Å². The van der Waals surface area contributed by atoms with E-state index < -0.39 is 6.10 Å². The molecule has 56 heavy (non-hydrogen) atoms. The van der Waals surface area contributed by atoms with E-state index in [0.29, 0.717) is 19.4 Å². The molecule has 0 heterocycles. The SMILES string of the molecule is CC/C=C\C/C=C\C/C=C\C/C=C\CCCCC(=O)OCC(COCCCCCCCCCCCCCC)OC(=O)CCCCCCC/C=C\CCCCCC. The fourth-order valence-corrected chi connectivity index (χ4v) is 6.49. The maximum atomic E-state index is 12.7. The van der Waals surface area contributed by atoms with Crippen molar-refractivity contribution in [1.82, 2.24) is 0 Å². The molecule has 0 bridgehead atoms. The Morgan fingerprint density at radius 1 is 0.411 bits per heavy atom. The van der Waals surface area contributed by atoms with Gasteiger partial charge in [-0.25, -0.2) is 0 Å². The number of rotatable bonds is 43. The van der Waals surface area contributed by atoms with Crippen LogP contribution in [0.3, 0.4) is 0 Å². The largest absolute Gasteiger partial charge is 0.462 e. The van der Waals surface area contributed by atoms with Gasteiger partial charge < -0.3 is 14.2 Å². The van der Waals surface area contributed by atoms with Gasteiger partial charge in [0.2, 0.25) is 0 Å². The molecule has 0 radical (unpaired) electrons. The van der Waals surface area contributed by atoms with Gasteiger partial charge in [0, 0.05) is 19.4 Å². The zero-order valence-electron chi connectivity index (χ0n) is 37.1. The van der Waals surface area contributed by atoms with Gasteiger partial charge in [0.1, 0.15) is 6.61 Å². The van der Waals surface area contributed by atoms with E-state index in [1.165, 1.54) is 109 Å². The molecule has 0 aromatic carbocycles. The molecule has 0 spiro atoms. The molecule has 0 aromatic rings. The standard InChI is InChI=1S/C51H90O5/c1-4-7-10-13-16-19-22-25-26-28-29-32-35-38-41-44-50(52)55-48-49(47-54-46-43-40-37-34-31-24-21-18-15-12-9-6-3)56-51(53)45-42-39-36-33-30-27-23-20-17-14-11-8-5-2/h7,10,16,19-20,23,25-26,29,32,49H,4-6,8-9,11-15,17-18,21-22,24,27-28,30-31,33-48H2,1-3H3/b10-7-,19-16-,23-20-,26-25-,32-29-. The summed E-state index contributed by atoms with van der Waals surface area (Å²) in [4.78, 5) is 25.3. The number of unbranched alkanes of at least 4 members (excludes halogenated alkanes) is 22. The van der Waals surface area contributed by atoms with Crippen molar-refractivity contribution in [2.45, 2.75) is 232 Å². The quantitative estimate of drug-likeness (QED) is 0.0350. The number of ether oxygens (including phenoxy) is 3. The van der Waals surface area contributed by atoms with Crippen molar-refractivity contribution < 1.29 is 23.8 Å². The van der Waals surface area contributed by atoms with E-state index in [9.17, 15) is 9.59 Å². The van der Waals surface area contributed by atoms with Crippen LogP contribution in [0.1, 0.15) is 226 Å². The summed E-state index contributed by atoms with van der Waals surface area (Å²) in [6, 6.07) is 0. The zero-order chi connectivity index (χ0) is 40.7. The first-order chi connectivity index (χ1) is 27.6. The van der Waals surface area contributed by atoms with Crippen molar-refractivity contribution >= 4 is 11.9 Å². The number of carbonyl (C=O) groups excluding carboxylic acids is 2. The highest BCUT2D eigenvalue weighted by atomic mass is 16.6. The molecule has 324 valence electrons. The molecule has 0 aliphatic heterocycles. The van der Waals surface area contributed by atoms with E-state index >= 15 is 0 Å². The summed E-state index contributed by atoms with van der Waals surface area (Å²) in [5, 5.41) is 0. The summed E-state index contributed by atoms with van der Waals surface area (Å²) < 4.78 is 17.3. The number of hydrogen-bond acceptors (Lipinski definition) is 5. The van der Waals surface area contributed by atoms with Crippen molar-refractivity contribution in [2.24, 2.45) is 0 Å². The molecule has 5 nitrogen and oxygen atoms in total. The number of esters is 2. The zero-order valence-corrected chi connectivity index (χ0v) is 37.1. The normalized spacial score (nSPS) is 12.7. The summed E-state index contributed by atoms with van der Waals surface area (Å²) in [6.45, 7) is 7.66. The third kappa shape index (κ3) is 44.3. The maximum absolute atomic E-state index is 12.7. The Bertz CT molecular complexity index is 977. The topological polar surface area (TPSA) is 61.8 Å². The molecule has 0 N–H and O–H groups in total. The lowest BCUT2D eigenvalue weighted by molar-refractivity contribution is -0.163. The highest BCUT2D eigenvalue weighted by molar-refractivity contribution is 5.70. The monoisotopic (exact) mass is 783 g/mol. The predicted octanol–water partition coefficient (Wildman–Crippen LogP) is 15.8. The lowest BCUT2D eigenvalue weighted by atomic mass is 10.1. The van der Waals surface area contributed by atoms with Crippen molar-refractivity contribution in [3.63, 3.8) is 0 Å². The van der Waals surface area contributed by atoms with E-state index in [1.807, 2.05) is 0 Å². The summed E-state index contributed by atoms with van der Waals surface area (Å²) in [6.07, 6.45) is 57.9. The van der Waals surface area contributed by atoms with Crippen LogP contribution in [-0.2, 0) is 23.8 Å². The average molecular weight is 783 g/mol. The van der Waals surface area contributed by atoms with E-state index in [-0.39, 0.29) is 25.2 Å². The average Bonchev–Trinajstić information content (AvgIpc) is 3.20. The second-order valence-corrected chi connectivity index (χ2v) is 15.6. The lowest BCUT2D eigenvalue weighted by Crippen LogP contribution is -2.30. The van der Waals surface area contributed by atoms with Crippen molar-refractivity contribution in [1.29, 1.82) is 0 Å². The molecule has 1 unspecified atom stereocenters. The molecule has 0 saturated heterocycles. The lowest BCUT2D eigenvalue weighted by Gasteiger charge is -2.18. The smallest absolute Gasteiger partial charge is 0.306 e. The van der Waals surface area contributed by atoms with Crippen LogP contribution in [-0.4, -0.2) is 37.9 Å². The molecule has 0 saturated carbocycles. The Balaban J connectivity index is 4.33. The van der Waals surface area contributed by atoms with Gasteiger partial charge >= 0.3 is 11.9 Å². The molecule has 0 amide bonds. The van der Waals surface area contributed by atoms with Crippen LogP contribution in [0.2, 0.25) is 0 Å². The Kier molecular flexibility index (Phi) is 45.0. The molecule has 0 aromatic heterocycles. The van der Waals surface area contributed by atoms with Gasteiger partial charge in [0.15, 0.2) is 6.10 Å². The third-order valence-electron chi connectivity index (χ3n) is 10.0. The molecular weight excluding hydrogens is 693 g/mol. The first kappa shape index (κ1) is 53.6. The predicted molar refractivity (Wildman–Crippen MR) is 242 cm³/mol. The van der Waals surface area contributed by atoms with Gasteiger partial charge in [0.25, 0.3) is 0 Å². The van der Waals surface area contributed by atoms with Gasteiger partial charge in [-0.05, 0) is 83.5 Å². The molecule has 1 atom stereocenters. The first-order valence-electron chi connectivity index (χ1n) is 23.8. The summed E-state index contributed by atoms with van der Waals surface area (Å²) >= 11 is 0. The molecular formula is C51H90O5. The highest BCUT2D eigenvalue weighted by Gasteiger charge is 2.17. The van der Waals surface area contributed by atoms with Crippen LogP contribution in [0.4, 0.5) is 0 Å². The second-order valence-electron chi connectivity index (χ2n) is 15.6. The third-order valence-corrected chi connectivity index (χ3v) is 10.0. The van der Waals surface area contributed by atoms with E-state index in [4.69, 9.17) is 14.2 Å². The van der Waals surface area contributed by atoms with Crippen LogP contribution < -0.4 is 0 Å². The number of hydrogen-bond donors (Lipinski definition) is 0. The fourth-order valence-electron chi connectivity index (χ4n) is 6.49. The van der Waals surface area contributed by atoms with Gasteiger partial charge in [0.05, 0.1) is 6.61 Å². The number of carbonyl (C=O) groups is 2. The summed E-state index contributed by atoms with van der Waals surface area (Å²) in [7, 11) is 0. The fraction of sp³-hybridized carbons (Fsp3) is 0.765. The van der Waals surface area contributed by atoms with Crippen LogP contribution in [0.5, 0.6) is 0 Å². The van der Waals surface area contributed by atoms with Gasteiger partial charge in [-0.1, -0.05) is 191 Å². The minimum Gasteiger partial charge on any atom is -0.462 e. The van der Waals surface area contributed by atoms with Crippen LogP contribution in [0, 0.1) is 0 Å². The Hall–Kier alpha value is -2.40. The molecule has 0 aliphatic rings. The maximum Gasteiger partial charge on any atom is 0.306 e. The summed E-state index contributed by atoms with van der Waals surface area (Å²) in [5.74, 6) is -0.451. The molecule has 5 heteroatoms. The Morgan fingerprint density at radius 2 is 0.804 bits per heavy atom. The molecule has 0 fully saturated rings. The van der Waals surface area contributed by atoms with E-state index in [2.05, 4.69) is 81.5 Å². The first-order valence-corrected chi connectivity index (χ1v) is 23.8. The Morgan fingerprint density at radius 3 is 1.36 bits per heavy atom. The Labute approximate surface area is 347 Å². The minimum atomic E-state index is -0.554. The summed E-state index contributed by atoms with van der Waals surface area (Å²) in [5.41, 5.74) is 0. The van der Waals surface area contributed by atoms with Crippen molar-refractivity contribution in [3.8, 4) is 0 Å². The van der Waals surface area contributed by atoms with Crippen molar-refractivity contribution in [2.75, 3.05) is 19.8 Å². The van der Waals surface area contributed by atoms with Crippen LogP contribution >= 0.6 is 0 Å². The van der Waals surface area contributed by atoms with E-state index in [0.717, 1.165) is 83.5 Å². The molecule has 0 rings (SSSR count). The second kappa shape index (κ2) is 47.0. The van der Waals surface area contributed by atoms with E-state index in [1.54, 1.807) is 0 Å². The van der Waals surface area contributed by atoms with Crippen LogP contribution in [0.15, 0.2) is 60.8 Å². The highest BCUT2D eigenvalue weighted by Crippen LogP contribution is 2.13. The number of allylic oxidation sites excluding steroid dienone is 10. The van der Waals surface area contributed by atoms with Gasteiger partial charge in [-0.3, -0.25) is 9.59 Å². The van der Waals surface area contributed by atoms with Crippen LogP contribution in [0.25, 0.3) is 0 Å². The van der Waals surface area contributed by atoms with Gasteiger partial charge in [-0.15, -0.1) is 0 Å².